The normalized spacial score (nSPS) is 13.1. The first-order valence-electron chi connectivity index (χ1n) is 11.7. The molecule has 0 amide bonds. The van der Waals surface area contributed by atoms with E-state index in [0.717, 1.165) is 0 Å². The van der Waals surface area contributed by atoms with Crippen molar-refractivity contribution in [3.8, 4) is 11.5 Å². The van der Waals surface area contributed by atoms with Crippen molar-refractivity contribution in [1.29, 1.82) is 0 Å². The smallest absolute Gasteiger partial charge is 0.480 e. The van der Waals surface area contributed by atoms with Crippen LogP contribution in [0, 0.1) is 0 Å². The molecule has 1 aromatic carbocycles. The number of carboxylic acid groups (broad SMARTS) is 1. The van der Waals surface area contributed by atoms with Crippen LogP contribution in [0.4, 0.5) is 14.4 Å². The predicted octanol–water partition coefficient (Wildman–Crippen LogP) is 4.46. The van der Waals surface area contributed by atoms with E-state index in [1.807, 2.05) is 0 Å². The van der Waals surface area contributed by atoms with Crippen LogP contribution in [0.3, 0.4) is 0 Å². The van der Waals surface area contributed by atoms with Gasteiger partial charge in [0.25, 0.3) is 0 Å². The summed E-state index contributed by atoms with van der Waals surface area (Å²) in [6.07, 6.45) is -3.62. The SMILES string of the molecule is CCOC(=O)OC(C)CN[C@@H](Cc1ccc(OC(=O)OC(C)(C)C)c(OC(=O)OC(C)(C)C)c1)C(=O)O. The lowest BCUT2D eigenvalue weighted by atomic mass is 10.0. The second-order valence-corrected chi connectivity index (χ2v) is 10.0. The number of ether oxygens (including phenoxy) is 6. The maximum Gasteiger partial charge on any atom is 0.514 e. The number of benzene rings is 1. The van der Waals surface area contributed by atoms with Gasteiger partial charge in [-0.15, -0.1) is 0 Å². The third-order valence-electron chi connectivity index (χ3n) is 4.12. The molecule has 1 rings (SSSR count). The van der Waals surface area contributed by atoms with Gasteiger partial charge in [0, 0.05) is 6.54 Å². The van der Waals surface area contributed by atoms with Gasteiger partial charge in [-0.25, -0.2) is 14.4 Å². The van der Waals surface area contributed by atoms with Crippen LogP contribution in [0.5, 0.6) is 11.5 Å². The van der Waals surface area contributed by atoms with Crippen molar-refractivity contribution in [2.24, 2.45) is 0 Å². The third-order valence-corrected chi connectivity index (χ3v) is 4.12. The first-order valence-corrected chi connectivity index (χ1v) is 11.7. The fraction of sp³-hybridized carbons (Fsp3) is 0.600. The number of carboxylic acids is 1. The third kappa shape index (κ3) is 13.4. The summed E-state index contributed by atoms with van der Waals surface area (Å²) >= 11 is 0. The van der Waals surface area contributed by atoms with Crippen molar-refractivity contribution >= 4 is 24.4 Å². The quantitative estimate of drug-likeness (QED) is 0.250. The van der Waals surface area contributed by atoms with Crippen molar-refractivity contribution in [1.82, 2.24) is 5.32 Å². The number of hydrogen-bond donors (Lipinski definition) is 2. The van der Waals surface area contributed by atoms with Crippen LogP contribution in [0.2, 0.25) is 0 Å². The summed E-state index contributed by atoms with van der Waals surface area (Å²) in [5.74, 6) is -1.45. The van der Waals surface area contributed by atoms with Gasteiger partial charge in [0.1, 0.15) is 23.3 Å². The molecule has 0 heterocycles. The maximum atomic E-state index is 12.3. The van der Waals surface area contributed by atoms with E-state index >= 15 is 0 Å². The summed E-state index contributed by atoms with van der Waals surface area (Å²) in [5, 5.41) is 12.5. The lowest BCUT2D eigenvalue weighted by molar-refractivity contribution is -0.139. The van der Waals surface area contributed by atoms with Gasteiger partial charge in [-0.05, 0) is 79.5 Å². The van der Waals surface area contributed by atoms with Crippen molar-refractivity contribution in [3.05, 3.63) is 23.8 Å². The molecule has 12 nitrogen and oxygen atoms in total. The molecule has 0 saturated carbocycles. The van der Waals surface area contributed by atoms with Gasteiger partial charge >= 0.3 is 24.4 Å². The number of aliphatic carboxylic acids is 1. The number of nitrogens with one attached hydrogen (secondary N) is 1. The van der Waals surface area contributed by atoms with E-state index in [4.69, 9.17) is 28.4 Å². The Kier molecular flexibility index (Phi) is 11.6. The Bertz CT molecular complexity index is 947. The molecule has 0 fully saturated rings. The number of rotatable bonds is 10. The second-order valence-electron chi connectivity index (χ2n) is 10.0. The minimum Gasteiger partial charge on any atom is -0.480 e. The topological polar surface area (TPSA) is 156 Å². The van der Waals surface area contributed by atoms with E-state index in [-0.39, 0.29) is 31.1 Å². The molecule has 1 unspecified atom stereocenters. The number of carbonyl (C=O) groups excluding carboxylic acids is 3. The van der Waals surface area contributed by atoms with E-state index in [2.05, 4.69) is 5.32 Å². The van der Waals surface area contributed by atoms with Gasteiger partial charge in [0.15, 0.2) is 11.5 Å². The van der Waals surface area contributed by atoms with Gasteiger partial charge in [0.05, 0.1) is 6.61 Å². The van der Waals surface area contributed by atoms with Crippen LogP contribution in [-0.4, -0.2) is 66.0 Å². The average molecular weight is 528 g/mol. The van der Waals surface area contributed by atoms with Gasteiger partial charge < -0.3 is 38.8 Å². The molecule has 0 spiro atoms. The molecule has 2 atom stereocenters. The molecule has 0 saturated heterocycles. The van der Waals surface area contributed by atoms with Crippen LogP contribution in [0.25, 0.3) is 0 Å². The summed E-state index contributed by atoms with van der Waals surface area (Å²) in [5.41, 5.74) is -1.23. The van der Waals surface area contributed by atoms with E-state index < -0.39 is 47.8 Å². The molecule has 0 aliphatic carbocycles. The zero-order valence-electron chi connectivity index (χ0n) is 22.5. The molecule has 0 aromatic heterocycles. The zero-order chi connectivity index (χ0) is 28.4. The lowest BCUT2D eigenvalue weighted by Gasteiger charge is -2.21. The maximum absolute atomic E-state index is 12.3. The van der Waals surface area contributed by atoms with Gasteiger partial charge in [-0.1, -0.05) is 6.07 Å². The fourth-order valence-corrected chi connectivity index (χ4v) is 2.71. The first-order chi connectivity index (χ1) is 17.0. The molecule has 37 heavy (non-hydrogen) atoms. The van der Waals surface area contributed by atoms with Crippen LogP contribution in [0.15, 0.2) is 18.2 Å². The van der Waals surface area contributed by atoms with Gasteiger partial charge in [-0.3, -0.25) is 4.79 Å². The van der Waals surface area contributed by atoms with E-state index in [9.17, 15) is 24.3 Å². The average Bonchev–Trinajstić information content (AvgIpc) is 2.69. The van der Waals surface area contributed by atoms with Gasteiger partial charge in [-0.2, -0.15) is 0 Å². The minimum absolute atomic E-state index is 0.0386. The molecule has 0 bridgehead atoms. The summed E-state index contributed by atoms with van der Waals surface area (Å²) in [6, 6.07) is 3.14. The molecule has 2 N–H and O–H groups in total. The monoisotopic (exact) mass is 527 g/mol. The van der Waals surface area contributed by atoms with Crippen LogP contribution in [-0.2, 0) is 30.2 Å². The molecule has 12 heteroatoms. The van der Waals surface area contributed by atoms with E-state index in [1.54, 1.807) is 55.4 Å². The largest absolute Gasteiger partial charge is 0.514 e. The standard InChI is InChI=1S/C25H37NO11/c1-9-32-21(29)33-15(2)14-26-17(20(27)28)12-16-10-11-18(34-22(30)36-24(3,4)5)19(13-16)35-23(31)37-25(6,7)8/h10-11,13,15,17,26H,9,12,14H2,1-8H3,(H,27,28)/t15?,17-/m0/s1. The van der Waals surface area contributed by atoms with Crippen molar-refractivity contribution in [2.75, 3.05) is 13.2 Å². The fourth-order valence-electron chi connectivity index (χ4n) is 2.71. The lowest BCUT2D eigenvalue weighted by Crippen LogP contribution is -2.42. The first kappa shape index (κ1) is 31.5. The molecule has 208 valence electrons. The summed E-state index contributed by atoms with van der Waals surface area (Å²) in [6.45, 7) is 13.3. The summed E-state index contributed by atoms with van der Waals surface area (Å²) < 4.78 is 30.5. The highest BCUT2D eigenvalue weighted by Gasteiger charge is 2.25. The molecule has 1 aromatic rings. The number of hydrogen-bond acceptors (Lipinski definition) is 11. The highest BCUT2D eigenvalue weighted by atomic mass is 16.8. The summed E-state index contributed by atoms with van der Waals surface area (Å²) in [7, 11) is 0. The second kappa shape index (κ2) is 13.7. The highest BCUT2D eigenvalue weighted by Crippen LogP contribution is 2.31. The van der Waals surface area contributed by atoms with Crippen LogP contribution < -0.4 is 14.8 Å². The predicted molar refractivity (Wildman–Crippen MR) is 131 cm³/mol. The molecule has 0 radical (unpaired) electrons. The Hall–Kier alpha value is -3.54. The highest BCUT2D eigenvalue weighted by molar-refractivity contribution is 5.74. The van der Waals surface area contributed by atoms with Crippen molar-refractivity contribution in [2.45, 2.75) is 85.2 Å². The Morgan fingerprint density at radius 1 is 0.892 bits per heavy atom. The Morgan fingerprint density at radius 3 is 1.92 bits per heavy atom. The Balaban J connectivity index is 3.07. The van der Waals surface area contributed by atoms with Crippen molar-refractivity contribution < 1.29 is 52.7 Å². The van der Waals surface area contributed by atoms with Crippen molar-refractivity contribution in [3.63, 3.8) is 0 Å². The Labute approximate surface area is 216 Å². The Morgan fingerprint density at radius 2 is 1.43 bits per heavy atom. The summed E-state index contributed by atoms with van der Waals surface area (Å²) in [4.78, 5) is 47.7. The molecular formula is C25H37NO11. The van der Waals surface area contributed by atoms with E-state index in [1.165, 1.54) is 18.2 Å². The molecule has 0 aliphatic rings. The van der Waals surface area contributed by atoms with Gasteiger partial charge in [0.2, 0.25) is 0 Å². The molecular weight excluding hydrogens is 490 g/mol. The van der Waals surface area contributed by atoms with Crippen LogP contribution in [0.1, 0.15) is 61.0 Å². The van der Waals surface area contributed by atoms with E-state index in [0.29, 0.717) is 5.56 Å². The zero-order valence-corrected chi connectivity index (χ0v) is 22.5. The molecule has 0 aliphatic heterocycles. The minimum atomic E-state index is -1.16. The number of carbonyl (C=O) groups is 4. The van der Waals surface area contributed by atoms with Crippen LogP contribution >= 0.6 is 0 Å².